The van der Waals surface area contributed by atoms with E-state index in [1.807, 2.05) is 13.8 Å². The minimum absolute atomic E-state index is 0.0349. The number of amides is 1. The Morgan fingerprint density at radius 2 is 2.12 bits per heavy atom. The molecule has 0 aliphatic carbocycles. The molecular weight excluding hydrogens is 224 g/mol. The number of methoxy groups -OCH3 is 1. The van der Waals surface area contributed by atoms with Gasteiger partial charge in [0.15, 0.2) is 0 Å². The Kier molecular flexibility index (Phi) is 8.11. The van der Waals surface area contributed by atoms with E-state index in [0.29, 0.717) is 24.4 Å². The van der Waals surface area contributed by atoms with E-state index >= 15 is 0 Å². The topological polar surface area (TPSA) is 64.3 Å². The molecule has 0 bridgehead atoms. The van der Waals surface area contributed by atoms with Crippen LogP contribution in [0.5, 0.6) is 0 Å². The zero-order valence-electron chi connectivity index (χ0n) is 10.3. The normalized spacial score (nSPS) is 14.2. The van der Waals surface area contributed by atoms with Gasteiger partial charge in [-0.3, -0.25) is 4.79 Å². The molecule has 0 heterocycles. The molecule has 16 heavy (non-hydrogen) atoms. The molecule has 0 aromatic rings. The predicted octanol–water partition coefficient (Wildman–Crippen LogP) is 1.23. The Balaban J connectivity index is 3.95. The maximum Gasteiger partial charge on any atom is 0.220 e. The minimum atomic E-state index is 0.0349. The van der Waals surface area contributed by atoms with Crippen LogP contribution in [-0.4, -0.2) is 30.7 Å². The van der Waals surface area contributed by atoms with Crippen molar-refractivity contribution in [1.82, 2.24) is 5.32 Å². The van der Waals surface area contributed by atoms with Crippen molar-refractivity contribution in [3.8, 4) is 0 Å². The zero-order valence-corrected chi connectivity index (χ0v) is 11.1. The van der Waals surface area contributed by atoms with E-state index in [-0.39, 0.29) is 17.9 Å². The summed E-state index contributed by atoms with van der Waals surface area (Å²) in [5, 5.41) is 2.93. The first-order valence-electron chi connectivity index (χ1n) is 5.56. The van der Waals surface area contributed by atoms with Crippen LogP contribution in [0.2, 0.25) is 0 Å². The summed E-state index contributed by atoms with van der Waals surface area (Å²) in [5.41, 5.74) is 5.45. The molecule has 0 rings (SSSR count). The first kappa shape index (κ1) is 15.3. The van der Waals surface area contributed by atoms with E-state index in [1.54, 1.807) is 7.11 Å². The molecule has 2 unspecified atom stereocenters. The van der Waals surface area contributed by atoms with Crippen molar-refractivity contribution in [2.24, 2.45) is 11.7 Å². The Labute approximate surface area is 103 Å². The highest BCUT2D eigenvalue weighted by Gasteiger charge is 2.13. The molecule has 1 amide bonds. The van der Waals surface area contributed by atoms with E-state index in [1.165, 1.54) is 0 Å². The molecule has 0 saturated heterocycles. The minimum Gasteiger partial charge on any atom is -0.393 e. The van der Waals surface area contributed by atoms with Crippen molar-refractivity contribution in [1.29, 1.82) is 0 Å². The molecule has 0 aliphatic rings. The Bertz CT molecular complexity index is 234. The van der Waals surface area contributed by atoms with Crippen LogP contribution in [0, 0.1) is 5.92 Å². The van der Waals surface area contributed by atoms with Crippen molar-refractivity contribution >= 4 is 23.1 Å². The second-order valence-electron chi connectivity index (χ2n) is 4.11. The largest absolute Gasteiger partial charge is 0.393 e. The van der Waals surface area contributed by atoms with E-state index in [9.17, 15) is 4.79 Å². The van der Waals surface area contributed by atoms with Gasteiger partial charge in [0.05, 0.1) is 4.99 Å². The van der Waals surface area contributed by atoms with Gasteiger partial charge in [-0.25, -0.2) is 0 Å². The van der Waals surface area contributed by atoms with Gasteiger partial charge in [-0.05, 0) is 12.3 Å². The van der Waals surface area contributed by atoms with Crippen molar-refractivity contribution in [2.45, 2.75) is 39.2 Å². The second kappa shape index (κ2) is 8.47. The fraction of sp³-hybridized carbons (Fsp3) is 0.818. The summed E-state index contributed by atoms with van der Waals surface area (Å²) in [7, 11) is 1.64. The van der Waals surface area contributed by atoms with E-state index in [0.717, 1.165) is 6.42 Å². The highest BCUT2D eigenvalue weighted by molar-refractivity contribution is 7.80. The van der Waals surface area contributed by atoms with Crippen LogP contribution in [0.15, 0.2) is 0 Å². The lowest BCUT2D eigenvalue weighted by atomic mass is 10.1. The number of hydrogen-bond acceptors (Lipinski definition) is 3. The lowest BCUT2D eigenvalue weighted by molar-refractivity contribution is -0.122. The van der Waals surface area contributed by atoms with Crippen LogP contribution >= 0.6 is 12.2 Å². The molecule has 5 heteroatoms. The summed E-state index contributed by atoms with van der Waals surface area (Å²) < 4.78 is 4.98. The van der Waals surface area contributed by atoms with Gasteiger partial charge in [0.2, 0.25) is 5.91 Å². The summed E-state index contributed by atoms with van der Waals surface area (Å²) in [6.07, 6.45) is 1.87. The lowest BCUT2D eigenvalue weighted by Crippen LogP contribution is -2.37. The van der Waals surface area contributed by atoms with Gasteiger partial charge in [-0.15, -0.1) is 0 Å². The fourth-order valence-electron chi connectivity index (χ4n) is 1.49. The number of ether oxygens (including phenoxy) is 1. The Morgan fingerprint density at radius 3 is 2.56 bits per heavy atom. The fourth-order valence-corrected chi connectivity index (χ4v) is 1.69. The van der Waals surface area contributed by atoms with Crippen LogP contribution in [0.25, 0.3) is 0 Å². The third kappa shape index (κ3) is 7.59. The number of carbonyl (C=O) groups is 1. The first-order chi connectivity index (χ1) is 7.49. The van der Waals surface area contributed by atoms with Crippen LogP contribution < -0.4 is 11.1 Å². The first-order valence-corrected chi connectivity index (χ1v) is 5.97. The van der Waals surface area contributed by atoms with E-state index in [4.69, 9.17) is 22.7 Å². The molecule has 0 fully saturated rings. The second-order valence-corrected chi connectivity index (χ2v) is 4.63. The third-order valence-electron chi connectivity index (χ3n) is 2.29. The number of carbonyl (C=O) groups excluding carboxylic acids is 1. The number of rotatable bonds is 8. The molecule has 0 aromatic carbocycles. The molecule has 0 aromatic heterocycles. The molecule has 94 valence electrons. The van der Waals surface area contributed by atoms with Crippen molar-refractivity contribution in [2.75, 3.05) is 13.7 Å². The van der Waals surface area contributed by atoms with Crippen LogP contribution in [0.3, 0.4) is 0 Å². The average Bonchev–Trinajstić information content (AvgIpc) is 2.15. The number of thiocarbonyl (C=S) groups is 1. The van der Waals surface area contributed by atoms with Crippen LogP contribution in [0.1, 0.15) is 33.1 Å². The van der Waals surface area contributed by atoms with Crippen molar-refractivity contribution < 1.29 is 9.53 Å². The van der Waals surface area contributed by atoms with Crippen molar-refractivity contribution in [3.05, 3.63) is 0 Å². The van der Waals surface area contributed by atoms with Crippen LogP contribution in [-0.2, 0) is 9.53 Å². The zero-order chi connectivity index (χ0) is 12.6. The van der Waals surface area contributed by atoms with Gasteiger partial charge in [0.25, 0.3) is 0 Å². The molecule has 0 spiro atoms. The number of hydrogen-bond donors (Lipinski definition) is 2. The monoisotopic (exact) mass is 246 g/mol. The SMILES string of the molecule is CCC(CC(N)=S)NC(=O)CC(C)COC. The molecule has 0 radical (unpaired) electrons. The van der Waals surface area contributed by atoms with Crippen LogP contribution in [0.4, 0.5) is 0 Å². The highest BCUT2D eigenvalue weighted by Crippen LogP contribution is 2.04. The van der Waals surface area contributed by atoms with Gasteiger partial charge >= 0.3 is 0 Å². The van der Waals surface area contributed by atoms with E-state index < -0.39 is 0 Å². The highest BCUT2D eigenvalue weighted by atomic mass is 32.1. The average molecular weight is 246 g/mol. The third-order valence-corrected chi connectivity index (χ3v) is 2.46. The predicted molar refractivity (Wildman–Crippen MR) is 69.3 cm³/mol. The summed E-state index contributed by atoms with van der Waals surface area (Å²) in [6, 6.07) is 0.0553. The van der Waals surface area contributed by atoms with Crippen molar-refractivity contribution in [3.63, 3.8) is 0 Å². The molecule has 3 N–H and O–H groups in total. The van der Waals surface area contributed by atoms with Gasteiger partial charge in [-0.2, -0.15) is 0 Å². The van der Waals surface area contributed by atoms with Gasteiger partial charge in [0, 0.05) is 32.6 Å². The summed E-state index contributed by atoms with van der Waals surface area (Å²) in [5.74, 6) is 0.264. The van der Waals surface area contributed by atoms with E-state index in [2.05, 4.69) is 5.32 Å². The molecular formula is C11H22N2O2S. The molecule has 0 saturated carbocycles. The Hall–Kier alpha value is -0.680. The van der Waals surface area contributed by atoms with Gasteiger partial charge in [0.1, 0.15) is 0 Å². The number of nitrogens with two attached hydrogens (primary N) is 1. The Morgan fingerprint density at radius 1 is 1.50 bits per heavy atom. The molecule has 4 nitrogen and oxygen atoms in total. The quantitative estimate of drug-likeness (QED) is 0.632. The van der Waals surface area contributed by atoms with Gasteiger partial charge in [-0.1, -0.05) is 26.1 Å². The molecule has 0 aliphatic heterocycles. The standard InChI is InChI=1S/C11H22N2O2S/c1-4-9(6-10(12)16)13-11(14)5-8(2)7-15-3/h8-9H,4-7H2,1-3H3,(H2,12,16)(H,13,14). The maximum absolute atomic E-state index is 11.6. The molecule has 2 atom stereocenters. The maximum atomic E-state index is 11.6. The number of nitrogens with one attached hydrogen (secondary N) is 1. The van der Waals surface area contributed by atoms with Gasteiger partial charge < -0.3 is 15.8 Å². The summed E-state index contributed by atoms with van der Waals surface area (Å²) in [6.45, 7) is 4.58. The smallest absolute Gasteiger partial charge is 0.220 e. The summed E-state index contributed by atoms with van der Waals surface area (Å²) in [4.78, 5) is 12.1. The lowest BCUT2D eigenvalue weighted by Gasteiger charge is -2.17. The summed E-state index contributed by atoms with van der Waals surface area (Å²) >= 11 is 4.83.